The molecule has 0 aliphatic heterocycles. The fourth-order valence-corrected chi connectivity index (χ4v) is 2.25. The van der Waals surface area contributed by atoms with Gasteiger partial charge in [0, 0.05) is 10.1 Å². The lowest BCUT2D eigenvalue weighted by Crippen LogP contribution is -2.07. The van der Waals surface area contributed by atoms with Crippen LogP contribution < -0.4 is 0 Å². The molecule has 0 unspecified atom stereocenters. The normalized spacial score (nSPS) is 12.3. The van der Waals surface area contributed by atoms with Crippen LogP contribution in [-0.4, -0.2) is 0 Å². The van der Waals surface area contributed by atoms with Gasteiger partial charge in [-0.05, 0) is 12.1 Å². The predicted molar refractivity (Wildman–Crippen MR) is 50.6 cm³/mol. The van der Waals surface area contributed by atoms with Crippen molar-refractivity contribution in [1.82, 2.24) is 0 Å². The maximum absolute atomic E-state index is 13.1. The van der Waals surface area contributed by atoms with E-state index in [1.807, 2.05) is 0 Å². The third kappa shape index (κ3) is 1.81. The van der Waals surface area contributed by atoms with E-state index in [1.54, 1.807) is 0 Å². The van der Waals surface area contributed by atoms with E-state index in [0.717, 1.165) is 17.4 Å². The number of hydrogen-bond acceptors (Lipinski definition) is 1. The third-order valence-corrected chi connectivity index (χ3v) is 3.14. The number of benzene rings is 1. The van der Waals surface area contributed by atoms with Gasteiger partial charge < -0.3 is 0 Å². The number of halogens is 5. The van der Waals surface area contributed by atoms with E-state index in [0.29, 0.717) is 10.8 Å². The van der Waals surface area contributed by atoms with Crippen molar-refractivity contribution in [2.75, 3.05) is 0 Å². The minimum atomic E-state index is -4.70. The van der Waals surface area contributed by atoms with Gasteiger partial charge in [0.1, 0.15) is 5.82 Å². The molecule has 0 atom stereocenters. The largest absolute Gasteiger partial charge is 0.419 e. The third-order valence-electron chi connectivity index (χ3n) is 1.86. The van der Waals surface area contributed by atoms with Gasteiger partial charge >= 0.3 is 6.18 Å². The van der Waals surface area contributed by atoms with Crippen molar-refractivity contribution in [2.45, 2.75) is 6.18 Å². The molecule has 0 nitrogen and oxygen atoms in total. The van der Waals surface area contributed by atoms with Gasteiger partial charge in [0.25, 0.3) is 0 Å². The molecule has 0 aliphatic rings. The highest BCUT2D eigenvalue weighted by Gasteiger charge is 2.34. The number of fused-ring (bicyclic) bond motifs is 1. The first-order valence-corrected chi connectivity index (χ1v) is 4.95. The summed E-state index contributed by atoms with van der Waals surface area (Å²) in [6, 6.07) is 1.53. The Hall–Kier alpha value is -0.810. The quantitative estimate of drug-likeness (QED) is 0.606. The summed E-state index contributed by atoms with van der Waals surface area (Å²) in [5.74, 6) is -1.29. The highest BCUT2D eigenvalue weighted by Crippen LogP contribution is 2.37. The molecule has 0 amide bonds. The fraction of sp³-hybridized carbons (Fsp3) is 0.111. The zero-order valence-corrected chi connectivity index (χ0v) is 8.53. The van der Waals surface area contributed by atoms with Crippen LogP contribution >= 0.6 is 22.9 Å². The number of thiophene rings is 1. The molecule has 79 valence electrons. The molecular weight excluding hydrogens is 252 g/mol. The van der Waals surface area contributed by atoms with Crippen LogP contribution in [0.4, 0.5) is 17.6 Å². The van der Waals surface area contributed by atoms with Gasteiger partial charge in [-0.15, -0.1) is 11.3 Å². The molecule has 2 rings (SSSR count). The van der Waals surface area contributed by atoms with Crippen LogP contribution in [0.1, 0.15) is 5.56 Å². The van der Waals surface area contributed by atoms with Crippen LogP contribution in [0.3, 0.4) is 0 Å². The van der Waals surface area contributed by atoms with Crippen LogP contribution in [0.15, 0.2) is 12.1 Å². The first-order chi connectivity index (χ1) is 6.89. The second-order valence-corrected chi connectivity index (χ2v) is 4.07. The van der Waals surface area contributed by atoms with Gasteiger partial charge in [-0.25, -0.2) is 4.39 Å². The molecular formula is C9H2ClF4S. The van der Waals surface area contributed by atoms with Gasteiger partial charge in [-0.2, -0.15) is 13.2 Å². The second kappa shape index (κ2) is 3.35. The summed E-state index contributed by atoms with van der Waals surface area (Å²) in [4.78, 5) is 0. The summed E-state index contributed by atoms with van der Waals surface area (Å²) < 4.78 is 50.4. The van der Waals surface area contributed by atoms with Crippen LogP contribution in [0.5, 0.6) is 0 Å². The Kier molecular flexibility index (Phi) is 2.39. The zero-order chi connectivity index (χ0) is 11.2. The average molecular weight is 254 g/mol. The Labute approximate surface area is 91.1 Å². The molecule has 6 heteroatoms. The summed E-state index contributed by atoms with van der Waals surface area (Å²) in [7, 11) is 0. The summed E-state index contributed by atoms with van der Waals surface area (Å²) in [5, 5.41) is 2.82. The lowest BCUT2D eigenvalue weighted by atomic mass is 10.1. The fourth-order valence-electron chi connectivity index (χ4n) is 1.18. The Morgan fingerprint density at radius 3 is 2.53 bits per heavy atom. The topological polar surface area (TPSA) is 0 Å². The molecule has 0 N–H and O–H groups in total. The second-order valence-electron chi connectivity index (χ2n) is 2.84. The van der Waals surface area contributed by atoms with E-state index in [9.17, 15) is 17.6 Å². The van der Waals surface area contributed by atoms with Crippen molar-refractivity contribution in [3.8, 4) is 0 Å². The van der Waals surface area contributed by atoms with E-state index < -0.39 is 17.6 Å². The number of rotatable bonds is 0. The summed E-state index contributed by atoms with van der Waals surface area (Å²) in [5.41, 5.74) is -1.30. The van der Waals surface area contributed by atoms with Crippen molar-refractivity contribution >= 4 is 33.0 Å². The molecule has 0 spiro atoms. The predicted octanol–water partition coefficient (Wildman–Crippen LogP) is 4.51. The van der Waals surface area contributed by atoms with Gasteiger partial charge in [0.15, 0.2) is 0 Å². The molecule has 1 aromatic carbocycles. The first-order valence-electron chi connectivity index (χ1n) is 3.76. The average Bonchev–Trinajstić information content (AvgIpc) is 2.44. The molecule has 1 aromatic heterocycles. The smallest absolute Gasteiger partial charge is 0.206 e. The maximum Gasteiger partial charge on any atom is 0.419 e. The van der Waals surface area contributed by atoms with E-state index in [-0.39, 0.29) is 10.4 Å². The lowest BCUT2D eigenvalue weighted by molar-refractivity contribution is -0.139. The Morgan fingerprint density at radius 2 is 1.93 bits per heavy atom. The molecule has 0 saturated carbocycles. The van der Waals surface area contributed by atoms with E-state index in [1.165, 1.54) is 0 Å². The minimum Gasteiger partial charge on any atom is -0.206 e. The van der Waals surface area contributed by atoms with Crippen LogP contribution in [0.25, 0.3) is 10.1 Å². The van der Waals surface area contributed by atoms with Gasteiger partial charge in [0.2, 0.25) is 0 Å². The highest BCUT2D eigenvalue weighted by molar-refractivity contribution is 7.17. The van der Waals surface area contributed by atoms with Crippen molar-refractivity contribution in [3.05, 3.63) is 33.9 Å². The SMILES string of the molecule is Fc1cc2s[c]c(Cl)c2cc1C(F)(F)F. The van der Waals surface area contributed by atoms with Crippen molar-refractivity contribution in [2.24, 2.45) is 0 Å². The maximum atomic E-state index is 13.1. The Morgan fingerprint density at radius 1 is 1.27 bits per heavy atom. The molecule has 0 bridgehead atoms. The molecule has 0 fully saturated rings. The number of alkyl halides is 3. The molecule has 0 aliphatic carbocycles. The molecule has 0 saturated heterocycles. The van der Waals surface area contributed by atoms with Gasteiger partial charge in [-0.1, -0.05) is 11.6 Å². The van der Waals surface area contributed by atoms with Crippen LogP contribution in [-0.2, 0) is 6.18 Å². The first kappa shape index (κ1) is 10.7. The zero-order valence-electron chi connectivity index (χ0n) is 6.95. The lowest BCUT2D eigenvalue weighted by Gasteiger charge is -2.07. The van der Waals surface area contributed by atoms with E-state index >= 15 is 0 Å². The summed E-state index contributed by atoms with van der Waals surface area (Å²) in [6.07, 6.45) is -4.70. The van der Waals surface area contributed by atoms with E-state index in [4.69, 9.17) is 11.6 Å². The van der Waals surface area contributed by atoms with Crippen molar-refractivity contribution < 1.29 is 17.6 Å². The molecule has 15 heavy (non-hydrogen) atoms. The Balaban J connectivity index is 2.76. The van der Waals surface area contributed by atoms with Crippen molar-refractivity contribution in [1.29, 1.82) is 0 Å². The van der Waals surface area contributed by atoms with Gasteiger partial charge in [-0.3, -0.25) is 0 Å². The number of hydrogen-bond donors (Lipinski definition) is 0. The van der Waals surface area contributed by atoms with E-state index in [2.05, 4.69) is 5.38 Å². The summed E-state index contributed by atoms with van der Waals surface area (Å²) >= 11 is 6.60. The van der Waals surface area contributed by atoms with Crippen molar-refractivity contribution in [3.63, 3.8) is 0 Å². The van der Waals surface area contributed by atoms with Gasteiger partial charge in [0.05, 0.1) is 16.0 Å². The van der Waals surface area contributed by atoms with Crippen LogP contribution in [0, 0.1) is 11.2 Å². The molecule has 2 aromatic rings. The standard InChI is InChI=1S/C9H2ClF4S/c10-6-3-15-8-2-7(11)5(1-4(6)8)9(12,13)14/h1-2H. The minimum absolute atomic E-state index is 0.0838. The monoisotopic (exact) mass is 253 g/mol. The Bertz CT molecular complexity index is 515. The summed E-state index contributed by atoms with van der Waals surface area (Å²) in [6.45, 7) is 0. The molecule has 1 radical (unpaired) electrons. The van der Waals surface area contributed by atoms with Crippen LogP contribution in [0.2, 0.25) is 5.02 Å². The molecule has 1 heterocycles. The highest BCUT2D eigenvalue weighted by atomic mass is 35.5.